The molecule has 0 aliphatic heterocycles. The van der Waals surface area contributed by atoms with E-state index in [-0.39, 0.29) is 5.91 Å². The SMILES string of the molecule is CC(C)Cn1cc(C(=O)Nc2ccc(Cn3cccn3)cc2)cn1. The molecule has 0 spiro atoms. The molecule has 24 heavy (non-hydrogen) atoms. The van der Waals surface area contributed by atoms with Crippen molar-refractivity contribution in [3.05, 3.63) is 66.2 Å². The summed E-state index contributed by atoms with van der Waals surface area (Å²) in [4.78, 5) is 12.3. The number of hydrogen-bond acceptors (Lipinski definition) is 3. The van der Waals surface area contributed by atoms with Crippen LogP contribution >= 0.6 is 0 Å². The number of benzene rings is 1. The van der Waals surface area contributed by atoms with Crippen LogP contribution in [-0.4, -0.2) is 25.5 Å². The van der Waals surface area contributed by atoms with Gasteiger partial charge in [-0.15, -0.1) is 0 Å². The zero-order chi connectivity index (χ0) is 16.9. The third kappa shape index (κ3) is 4.10. The van der Waals surface area contributed by atoms with E-state index in [9.17, 15) is 4.79 Å². The van der Waals surface area contributed by atoms with Crippen molar-refractivity contribution < 1.29 is 4.79 Å². The van der Waals surface area contributed by atoms with Crippen LogP contribution in [0.3, 0.4) is 0 Å². The Morgan fingerprint density at radius 3 is 2.62 bits per heavy atom. The number of carbonyl (C=O) groups excluding carboxylic acids is 1. The molecule has 0 bridgehead atoms. The van der Waals surface area contributed by atoms with Crippen molar-refractivity contribution in [2.75, 3.05) is 5.32 Å². The third-order valence-corrected chi connectivity index (χ3v) is 3.56. The normalized spacial score (nSPS) is 11.0. The first-order valence-electron chi connectivity index (χ1n) is 8.00. The lowest BCUT2D eigenvalue weighted by Crippen LogP contribution is -2.11. The smallest absolute Gasteiger partial charge is 0.258 e. The Morgan fingerprint density at radius 2 is 1.96 bits per heavy atom. The van der Waals surface area contributed by atoms with Gasteiger partial charge in [-0.2, -0.15) is 10.2 Å². The molecule has 124 valence electrons. The van der Waals surface area contributed by atoms with E-state index < -0.39 is 0 Å². The number of amides is 1. The molecule has 0 saturated heterocycles. The molecule has 2 heterocycles. The van der Waals surface area contributed by atoms with Crippen molar-refractivity contribution in [2.45, 2.75) is 26.9 Å². The molecule has 0 aliphatic carbocycles. The van der Waals surface area contributed by atoms with Crippen LogP contribution in [0.15, 0.2) is 55.1 Å². The summed E-state index contributed by atoms with van der Waals surface area (Å²) in [5, 5.41) is 11.3. The van der Waals surface area contributed by atoms with Gasteiger partial charge in [0.05, 0.1) is 18.3 Å². The van der Waals surface area contributed by atoms with Gasteiger partial charge < -0.3 is 5.32 Å². The molecule has 1 amide bonds. The molecule has 2 aromatic heterocycles. The van der Waals surface area contributed by atoms with E-state index >= 15 is 0 Å². The summed E-state index contributed by atoms with van der Waals surface area (Å²) < 4.78 is 3.66. The van der Waals surface area contributed by atoms with Crippen molar-refractivity contribution in [1.82, 2.24) is 19.6 Å². The Bertz CT molecular complexity index is 787. The highest BCUT2D eigenvalue weighted by atomic mass is 16.1. The van der Waals surface area contributed by atoms with Crippen molar-refractivity contribution in [3.8, 4) is 0 Å². The number of anilines is 1. The van der Waals surface area contributed by atoms with Crippen LogP contribution in [0.2, 0.25) is 0 Å². The first-order chi connectivity index (χ1) is 11.6. The van der Waals surface area contributed by atoms with Crippen LogP contribution in [0.1, 0.15) is 29.8 Å². The second kappa shape index (κ2) is 7.12. The summed E-state index contributed by atoms with van der Waals surface area (Å²) in [6, 6.07) is 9.66. The van der Waals surface area contributed by atoms with Gasteiger partial charge in [-0.1, -0.05) is 26.0 Å². The lowest BCUT2D eigenvalue weighted by Gasteiger charge is -2.06. The van der Waals surface area contributed by atoms with Crippen LogP contribution < -0.4 is 5.32 Å². The fraction of sp³-hybridized carbons (Fsp3) is 0.278. The summed E-state index contributed by atoms with van der Waals surface area (Å²) in [5.41, 5.74) is 2.46. The van der Waals surface area contributed by atoms with E-state index in [1.165, 1.54) is 0 Å². The summed E-state index contributed by atoms with van der Waals surface area (Å²) in [6.45, 7) is 5.75. The van der Waals surface area contributed by atoms with E-state index in [0.29, 0.717) is 18.0 Å². The first kappa shape index (κ1) is 16.0. The Balaban J connectivity index is 1.61. The quantitative estimate of drug-likeness (QED) is 0.758. The number of nitrogens with one attached hydrogen (secondary N) is 1. The van der Waals surface area contributed by atoms with Crippen LogP contribution in [-0.2, 0) is 13.1 Å². The highest BCUT2D eigenvalue weighted by Crippen LogP contribution is 2.12. The minimum Gasteiger partial charge on any atom is -0.322 e. The predicted octanol–water partition coefficient (Wildman–Crippen LogP) is 3.04. The van der Waals surface area contributed by atoms with Gasteiger partial charge in [-0.05, 0) is 29.7 Å². The molecule has 6 nitrogen and oxygen atoms in total. The van der Waals surface area contributed by atoms with E-state index in [2.05, 4.69) is 29.4 Å². The molecule has 1 N–H and O–H groups in total. The van der Waals surface area contributed by atoms with Crippen LogP contribution in [0.5, 0.6) is 0 Å². The van der Waals surface area contributed by atoms with Crippen molar-refractivity contribution in [2.24, 2.45) is 5.92 Å². The topological polar surface area (TPSA) is 64.7 Å². The number of hydrogen-bond donors (Lipinski definition) is 1. The second-order valence-corrected chi connectivity index (χ2v) is 6.20. The number of rotatable bonds is 6. The molecule has 0 unspecified atom stereocenters. The molecule has 6 heteroatoms. The second-order valence-electron chi connectivity index (χ2n) is 6.20. The van der Waals surface area contributed by atoms with E-state index in [1.54, 1.807) is 23.3 Å². The minimum absolute atomic E-state index is 0.148. The van der Waals surface area contributed by atoms with E-state index in [1.807, 2.05) is 41.2 Å². The fourth-order valence-electron chi connectivity index (χ4n) is 2.43. The summed E-state index contributed by atoms with van der Waals surface area (Å²) in [5.74, 6) is 0.341. The maximum Gasteiger partial charge on any atom is 0.258 e. The molecule has 0 radical (unpaired) electrons. The van der Waals surface area contributed by atoms with Crippen LogP contribution in [0.25, 0.3) is 0 Å². The molecule has 0 fully saturated rings. The number of aromatic nitrogens is 4. The maximum atomic E-state index is 12.3. The number of nitrogens with zero attached hydrogens (tertiary/aromatic N) is 4. The van der Waals surface area contributed by atoms with Gasteiger partial charge in [0.1, 0.15) is 0 Å². The lowest BCUT2D eigenvalue weighted by atomic mass is 10.2. The lowest BCUT2D eigenvalue weighted by molar-refractivity contribution is 0.102. The summed E-state index contributed by atoms with van der Waals surface area (Å²) in [7, 11) is 0. The zero-order valence-corrected chi connectivity index (χ0v) is 13.9. The zero-order valence-electron chi connectivity index (χ0n) is 13.9. The Morgan fingerprint density at radius 1 is 1.17 bits per heavy atom. The molecule has 0 atom stereocenters. The molecule has 3 rings (SSSR count). The standard InChI is InChI=1S/C18H21N5O/c1-14(2)11-23-13-16(10-20-23)18(24)21-17-6-4-15(5-7-17)12-22-9-3-8-19-22/h3-10,13-14H,11-12H2,1-2H3,(H,21,24). The maximum absolute atomic E-state index is 12.3. The number of carbonyl (C=O) groups is 1. The predicted molar refractivity (Wildman–Crippen MR) is 92.8 cm³/mol. The van der Waals surface area contributed by atoms with Crippen molar-refractivity contribution in [3.63, 3.8) is 0 Å². The van der Waals surface area contributed by atoms with Gasteiger partial charge in [0.15, 0.2) is 0 Å². The van der Waals surface area contributed by atoms with Gasteiger partial charge in [-0.3, -0.25) is 14.2 Å². The van der Waals surface area contributed by atoms with Crippen molar-refractivity contribution in [1.29, 1.82) is 0 Å². The molecule has 3 aromatic rings. The molecular formula is C18H21N5O. The van der Waals surface area contributed by atoms with Gasteiger partial charge in [0.2, 0.25) is 0 Å². The van der Waals surface area contributed by atoms with Crippen LogP contribution in [0.4, 0.5) is 5.69 Å². The highest BCUT2D eigenvalue weighted by Gasteiger charge is 2.09. The highest BCUT2D eigenvalue weighted by molar-refractivity contribution is 6.03. The monoisotopic (exact) mass is 323 g/mol. The van der Waals surface area contributed by atoms with Crippen LogP contribution in [0, 0.1) is 5.92 Å². The van der Waals surface area contributed by atoms with E-state index in [4.69, 9.17) is 0 Å². The average molecular weight is 323 g/mol. The molecule has 1 aromatic carbocycles. The van der Waals surface area contributed by atoms with Gasteiger partial charge in [0, 0.05) is 30.8 Å². The summed E-state index contributed by atoms with van der Waals surface area (Å²) in [6.07, 6.45) is 7.06. The summed E-state index contributed by atoms with van der Waals surface area (Å²) >= 11 is 0. The van der Waals surface area contributed by atoms with Gasteiger partial charge in [0.25, 0.3) is 5.91 Å². The molecule has 0 saturated carbocycles. The Hall–Kier alpha value is -2.89. The largest absolute Gasteiger partial charge is 0.322 e. The third-order valence-electron chi connectivity index (χ3n) is 3.56. The van der Waals surface area contributed by atoms with Gasteiger partial charge >= 0.3 is 0 Å². The Labute approximate surface area is 141 Å². The Kier molecular flexibility index (Phi) is 4.74. The molecular weight excluding hydrogens is 302 g/mol. The first-order valence-corrected chi connectivity index (χ1v) is 8.00. The fourth-order valence-corrected chi connectivity index (χ4v) is 2.43. The van der Waals surface area contributed by atoms with E-state index in [0.717, 1.165) is 17.8 Å². The van der Waals surface area contributed by atoms with Crippen molar-refractivity contribution >= 4 is 11.6 Å². The van der Waals surface area contributed by atoms with Gasteiger partial charge in [-0.25, -0.2) is 0 Å². The molecule has 0 aliphatic rings. The minimum atomic E-state index is -0.148. The average Bonchev–Trinajstić information content (AvgIpc) is 3.20.